The molecular formula is C12H17ClO2. The Kier molecular flexibility index (Phi) is 4.00. The van der Waals surface area contributed by atoms with E-state index in [1.54, 1.807) is 19.9 Å². The van der Waals surface area contributed by atoms with Crippen molar-refractivity contribution in [1.82, 2.24) is 0 Å². The van der Waals surface area contributed by atoms with Crippen molar-refractivity contribution in [1.29, 1.82) is 0 Å². The molecule has 0 amide bonds. The second-order valence-corrected chi connectivity index (χ2v) is 4.76. The Morgan fingerprint density at radius 3 is 2.67 bits per heavy atom. The Hall–Kier alpha value is -0.730. The molecule has 2 nitrogen and oxygen atoms in total. The van der Waals surface area contributed by atoms with E-state index in [1.807, 2.05) is 19.1 Å². The van der Waals surface area contributed by atoms with Crippen LogP contribution in [-0.2, 0) is 0 Å². The molecule has 0 bridgehead atoms. The molecule has 3 heteroatoms. The largest absolute Gasteiger partial charge is 0.493 e. The maximum atomic E-state index is 9.51. The number of benzene rings is 1. The van der Waals surface area contributed by atoms with Crippen LogP contribution in [0.4, 0.5) is 0 Å². The van der Waals surface area contributed by atoms with E-state index in [0.717, 1.165) is 11.3 Å². The van der Waals surface area contributed by atoms with Gasteiger partial charge in [0.25, 0.3) is 0 Å². The van der Waals surface area contributed by atoms with Gasteiger partial charge in [0.2, 0.25) is 0 Å². The molecule has 0 atom stereocenters. The van der Waals surface area contributed by atoms with Gasteiger partial charge in [-0.25, -0.2) is 0 Å². The molecule has 0 aliphatic carbocycles. The van der Waals surface area contributed by atoms with Crippen molar-refractivity contribution in [3.05, 3.63) is 28.8 Å². The zero-order valence-electron chi connectivity index (χ0n) is 9.38. The van der Waals surface area contributed by atoms with E-state index in [9.17, 15) is 5.11 Å². The van der Waals surface area contributed by atoms with Gasteiger partial charge in [0.05, 0.1) is 12.2 Å². The summed E-state index contributed by atoms with van der Waals surface area (Å²) in [4.78, 5) is 0. The topological polar surface area (TPSA) is 29.5 Å². The number of aliphatic hydroxyl groups is 1. The van der Waals surface area contributed by atoms with E-state index < -0.39 is 5.60 Å². The Morgan fingerprint density at radius 2 is 2.07 bits per heavy atom. The molecule has 0 aliphatic heterocycles. The second-order valence-electron chi connectivity index (χ2n) is 4.32. The summed E-state index contributed by atoms with van der Waals surface area (Å²) in [5.41, 5.74) is 0.363. The van der Waals surface area contributed by atoms with E-state index in [2.05, 4.69) is 0 Å². The molecular weight excluding hydrogens is 212 g/mol. The SMILES string of the molecule is Cc1ccc(Cl)cc1OCCC(C)(C)O. The van der Waals surface area contributed by atoms with E-state index >= 15 is 0 Å². The number of halogens is 1. The maximum absolute atomic E-state index is 9.51. The Balaban J connectivity index is 2.54. The quantitative estimate of drug-likeness (QED) is 0.858. The summed E-state index contributed by atoms with van der Waals surface area (Å²) in [5.74, 6) is 0.784. The first-order valence-corrected chi connectivity index (χ1v) is 5.37. The molecule has 1 rings (SSSR count). The minimum absolute atomic E-state index is 0.491. The summed E-state index contributed by atoms with van der Waals surface area (Å²) in [6, 6.07) is 5.54. The van der Waals surface area contributed by atoms with Crippen molar-refractivity contribution >= 4 is 11.6 Å². The van der Waals surface area contributed by atoms with Crippen molar-refractivity contribution in [2.45, 2.75) is 32.8 Å². The molecule has 0 fully saturated rings. The number of ether oxygens (including phenoxy) is 1. The first-order chi connectivity index (χ1) is 6.88. The van der Waals surface area contributed by atoms with E-state index in [0.29, 0.717) is 18.1 Å². The van der Waals surface area contributed by atoms with Crippen molar-refractivity contribution in [2.75, 3.05) is 6.61 Å². The molecule has 1 aromatic carbocycles. The van der Waals surface area contributed by atoms with Gasteiger partial charge in [0, 0.05) is 11.4 Å². The lowest BCUT2D eigenvalue weighted by Crippen LogP contribution is -2.21. The fourth-order valence-electron chi connectivity index (χ4n) is 1.14. The molecule has 0 spiro atoms. The summed E-state index contributed by atoms with van der Waals surface area (Å²) in [7, 11) is 0. The van der Waals surface area contributed by atoms with Crippen molar-refractivity contribution in [3.63, 3.8) is 0 Å². The highest BCUT2D eigenvalue weighted by molar-refractivity contribution is 6.30. The van der Waals surface area contributed by atoms with Crippen LogP contribution in [0.5, 0.6) is 5.75 Å². The van der Waals surface area contributed by atoms with Crippen LogP contribution < -0.4 is 4.74 Å². The van der Waals surface area contributed by atoms with Gasteiger partial charge in [-0.1, -0.05) is 17.7 Å². The summed E-state index contributed by atoms with van der Waals surface area (Å²) in [6.07, 6.45) is 0.596. The lowest BCUT2D eigenvalue weighted by molar-refractivity contribution is 0.0552. The van der Waals surface area contributed by atoms with Crippen LogP contribution in [0.15, 0.2) is 18.2 Å². The van der Waals surface area contributed by atoms with Gasteiger partial charge in [-0.3, -0.25) is 0 Å². The predicted octanol–water partition coefficient (Wildman–Crippen LogP) is 3.19. The predicted molar refractivity (Wildman–Crippen MR) is 62.6 cm³/mol. The fourth-order valence-corrected chi connectivity index (χ4v) is 1.30. The average molecular weight is 229 g/mol. The van der Waals surface area contributed by atoms with E-state index in [1.165, 1.54) is 0 Å². The lowest BCUT2D eigenvalue weighted by Gasteiger charge is -2.17. The number of hydrogen-bond acceptors (Lipinski definition) is 2. The van der Waals surface area contributed by atoms with Crippen LogP contribution in [0, 0.1) is 6.92 Å². The monoisotopic (exact) mass is 228 g/mol. The Morgan fingerprint density at radius 1 is 1.40 bits per heavy atom. The summed E-state index contributed by atoms with van der Waals surface area (Å²) < 4.78 is 5.55. The molecule has 0 aromatic heterocycles. The van der Waals surface area contributed by atoms with Crippen LogP contribution in [0.2, 0.25) is 5.02 Å². The van der Waals surface area contributed by atoms with E-state index in [4.69, 9.17) is 16.3 Å². The zero-order chi connectivity index (χ0) is 11.5. The minimum atomic E-state index is -0.688. The van der Waals surface area contributed by atoms with Crippen molar-refractivity contribution in [3.8, 4) is 5.75 Å². The van der Waals surface area contributed by atoms with Crippen LogP contribution in [-0.4, -0.2) is 17.3 Å². The minimum Gasteiger partial charge on any atom is -0.493 e. The molecule has 0 unspecified atom stereocenters. The van der Waals surface area contributed by atoms with Gasteiger partial charge in [-0.15, -0.1) is 0 Å². The van der Waals surface area contributed by atoms with Gasteiger partial charge >= 0.3 is 0 Å². The Bertz CT molecular complexity index is 329. The van der Waals surface area contributed by atoms with Crippen molar-refractivity contribution < 1.29 is 9.84 Å². The average Bonchev–Trinajstić information content (AvgIpc) is 2.09. The highest BCUT2D eigenvalue weighted by Crippen LogP contribution is 2.23. The third kappa shape index (κ3) is 4.54. The van der Waals surface area contributed by atoms with Crippen LogP contribution in [0.25, 0.3) is 0 Å². The molecule has 1 N–H and O–H groups in total. The molecule has 0 aliphatic rings. The second kappa shape index (κ2) is 4.86. The first-order valence-electron chi connectivity index (χ1n) is 5.00. The molecule has 0 heterocycles. The van der Waals surface area contributed by atoms with Gasteiger partial charge in [-0.2, -0.15) is 0 Å². The van der Waals surface area contributed by atoms with E-state index in [-0.39, 0.29) is 0 Å². The Labute approximate surface area is 95.8 Å². The molecule has 1 aromatic rings. The molecule has 0 radical (unpaired) electrons. The van der Waals surface area contributed by atoms with Crippen LogP contribution >= 0.6 is 11.6 Å². The standard InChI is InChI=1S/C12H17ClO2/c1-9-4-5-10(13)8-11(9)15-7-6-12(2,3)14/h4-5,8,14H,6-7H2,1-3H3. The highest BCUT2D eigenvalue weighted by atomic mass is 35.5. The summed E-state index contributed by atoms with van der Waals surface area (Å²) in [6.45, 7) is 5.99. The zero-order valence-corrected chi connectivity index (χ0v) is 10.1. The normalized spacial score (nSPS) is 11.5. The summed E-state index contributed by atoms with van der Waals surface area (Å²) >= 11 is 5.86. The molecule has 84 valence electrons. The number of hydrogen-bond donors (Lipinski definition) is 1. The molecule has 0 saturated heterocycles. The first kappa shape index (κ1) is 12.3. The van der Waals surface area contributed by atoms with Gasteiger partial charge in [-0.05, 0) is 38.5 Å². The van der Waals surface area contributed by atoms with Gasteiger partial charge in [0.1, 0.15) is 5.75 Å². The van der Waals surface area contributed by atoms with Crippen molar-refractivity contribution in [2.24, 2.45) is 0 Å². The fraction of sp³-hybridized carbons (Fsp3) is 0.500. The smallest absolute Gasteiger partial charge is 0.123 e. The number of rotatable bonds is 4. The summed E-state index contributed by atoms with van der Waals surface area (Å²) in [5, 5.41) is 10.2. The molecule has 0 saturated carbocycles. The van der Waals surface area contributed by atoms with Gasteiger partial charge < -0.3 is 9.84 Å². The number of aryl methyl sites for hydroxylation is 1. The third-order valence-corrected chi connectivity index (χ3v) is 2.36. The van der Waals surface area contributed by atoms with Crippen LogP contribution in [0.3, 0.4) is 0 Å². The van der Waals surface area contributed by atoms with Gasteiger partial charge in [0.15, 0.2) is 0 Å². The third-order valence-electron chi connectivity index (χ3n) is 2.12. The lowest BCUT2D eigenvalue weighted by atomic mass is 10.1. The maximum Gasteiger partial charge on any atom is 0.123 e. The molecule has 15 heavy (non-hydrogen) atoms. The highest BCUT2D eigenvalue weighted by Gasteiger charge is 2.12. The van der Waals surface area contributed by atoms with Crippen LogP contribution in [0.1, 0.15) is 25.8 Å².